The van der Waals surface area contributed by atoms with Crippen molar-refractivity contribution in [3.63, 3.8) is 0 Å². The Hall–Kier alpha value is -1.15. The van der Waals surface area contributed by atoms with Crippen LogP contribution in [-0.2, 0) is 0 Å². The van der Waals surface area contributed by atoms with E-state index >= 15 is 0 Å². The van der Waals surface area contributed by atoms with Gasteiger partial charge in [0.2, 0.25) is 11.0 Å². The lowest BCUT2D eigenvalue weighted by atomic mass is 10.4. The first-order valence-electron chi connectivity index (χ1n) is 5.73. The molecular formula is C10H15N5OS2. The van der Waals surface area contributed by atoms with Gasteiger partial charge in [0.25, 0.3) is 0 Å². The molecule has 0 amide bonds. The van der Waals surface area contributed by atoms with E-state index < -0.39 is 0 Å². The molecule has 1 N–H and O–H groups in total. The summed E-state index contributed by atoms with van der Waals surface area (Å²) in [5, 5.41) is 16.3. The minimum absolute atomic E-state index is 0.106. The van der Waals surface area contributed by atoms with Gasteiger partial charge in [-0.05, 0) is 13.3 Å². The fourth-order valence-electron chi connectivity index (χ4n) is 1.24. The molecule has 0 aliphatic carbocycles. The van der Waals surface area contributed by atoms with E-state index in [1.807, 2.05) is 6.92 Å². The van der Waals surface area contributed by atoms with Gasteiger partial charge in [-0.1, -0.05) is 35.2 Å². The van der Waals surface area contributed by atoms with Gasteiger partial charge in [-0.3, -0.25) is 0 Å². The van der Waals surface area contributed by atoms with Crippen molar-refractivity contribution in [3.8, 4) is 0 Å². The number of aromatic nitrogens is 4. The van der Waals surface area contributed by atoms with Gasteiger partial charge >= 0.3 is 0 Å². The largest absolute Gasteiger partial charge is 0.360 e. The Kier molecular flexibility index (Phi) is 4.54. The molecule has 2 rings (SSSR count). The van der Waals surface area contributed by atoms with Crippen LogP contribution in [0.2, 0.25) is 0 Å². The zero-order valence-electron chi connectivity index (χ0n) is 10.5. The summed E-state index contributed by atoms with van der Waals surface area (Å²) < 4.78 is 5.87. The van der Waals surface area contributed by atoms with Gasteiger partial charge < -0.3 is 9.84 Å². The van der Waals surface area contributed by atoms with Crippen molar-refractivity contribution < 1.29 is 4.52 Å². The monoisotopic (exact) mass is 285 g/mol. The Morgan fingerprint density at radius 2 is 2.28 bits per heavy atom. The van der Waals surface area contributed by atoms with Gasteiger partial charge in [0, 0.05) is 13.5 Å². The summed E-state index contributed by atoms with van der Waals surface area (Å²) in [5.41, 5.74) is 0. The molecule has 0 spiro atoms. The molecule has 0 aliphatic rings. The van der Waals surface area contributed by atoms with Gasteiger partial charge in [0.05, 0.1) is 5.25 Å². The summed E-state index contributed by atoms with van der Waals surface area (Å²) in [6, 6.07) is 0. The quantitative estimate of drug-likeness (QED) is 0.818. The Bertz CT molecular complexity index is 498. The van der Waals surface area contributed by atoms with Crippen LogP contribution in [-0.4, -0.2) is 26.9 Å². The summed E-state index contributed by atoms with van der Waals surface area (Å²) >= 11 is 3.13. The molecule has 0 bridgehead atoms. The first kappa shape index (κ1) is 13.3. The molecule has 0 aliphatic heterocycles. The van der Waals surface area contributed by atoms with Crippen LogP contribution in [0.1, 0.15) is 37.2 Å². The average molecular weight is 285 g/mol. The number of thioether (sulfide) groups is 1. The van der Waals surface area contributed by atoms with E-state index in [2.05, 4.69) is 32.6 Å². The highest BCUT2D eigenvalue weighted by Gasteiger charge is 2.16. The normalized spacial score (nSPS) is 12.6. The van der Waals surface area contributed by atoms with Crippen LogP contribution in [0.5, 0.6) is 0 Å². The van der Waals surface area contributed by atoms with E-state index in [0.29, 0.717) is 11.7 Å². The van der Waals surface area contributed by atoms with E-state index in [9.17, 15) is 0 Å². The highest BCUT2D eigenvalue weighted by Crippen LogP contribution is 2.36. The molecule has 2 aromatic heterocycles. The van der Waals surface area contributed by atoms with Crippen molar-refractivity contribution in [3.05, 3.63) is 11.7 Å². The van der Waals surface area contributed by atoms with E-state index in [4.69, 9.17) is 4.52 Å². The molecule has 0 unspecified atom stereocenters. The van der Waals surface area contributed by atoms with Crippen LogP contribution >= 0.6 is 23.1 Å². The smallest absolute Gasteiger partial charge is 0.223 e. The molecule has 0 saturated heterocycles. The average Bonchev–Trinajstić information content (AvgIpc) is 2.96. The molecule has 1 atom stereocenters. The lowest BCUT2D eigenvalue weighted by molar-refractivity contribution is 0.387. The first-order chi connectivity index (χ1) is 8.69. The maximum Gasteiger partial charge on any atom is 0.223 e. The summed E-state index contributed by atoms with van der Waals surface area (Å²) in [5.74, 6) is 1.27. The molecule has 0 aromatic carbocycles. The van der Waals surface area contributed by atoms with Crippen LogP contribution < -0.4 is 5.32 Å². The molecule has 18 heavy (non-hydrogen) atoms. The SMILES string of the molecule is CCCNc1nnc(S[C@H](C)c2noc(C)n2)s1. The van der Waals surface area contributed by atoms with Crippen LogP contribution in [0, 0.1) is 6.92 Å². The van der Waals surface area contributed by atoms with Gasteiger partial charge in [-0.15, -0.1) is 10.2 Å². The van der Waals surface area contributed by atoms with Gasteiger partial charge in [-0.2, -0.15) is 4.98 Å². The zero-order valence-corrected chi connectivity index (χ0v) is 12.1. The molecule has 0 radical (unpaired) electrons. The summed E-state index contributed by atoms with van der Waals surface area (Å²) in [6.45, 7) is 6.84. The molecule has 0 fully saturated rings. The van der Waals surface area contributed by atoms with Gasteiger partial charge in [-0.25, -0.2) is 0 Å². The summed E-state index contributed by atoms with van der Waals surface area (Å²) in [7, 11) is 0. The molecule has 98 valence electrons. The predicted octanol–water partition coefficient (Wildman–Crippen LogP) is 2.90. The Balaban J connectivity index is 1.94. The Morgan fingerprint density at radius 1 is 1.44 bits per heavy atom. The number of hydrogen-bond acceptors (Lipinski definition) is 8. The van der Waals surface area contributed by atoms with Crippen molar-refractivity contribution in [1.29, 1.82) is 0 Å². The highest BCUT2D eigenvalue weighted by molar-refractivity contribution is 8.01. The molecule has 6 nitrogen and oxygen atoms in total. The second-order valence-corrected chi connectivity index (χ2v) is 6.30. The zero-order chi connectivity index (χ0) is 13.0. The van der Waals surface area contributed by atoms with Crippen LogP contribution in [0.15, 0.2) is 8.86 Å². The lowest BCUT2D eigenvalue weighted by Gasteiger charge is -2.01. The van der Waals surface area contributed by atoms with E-state index in [1.54, 1.807) is 30.0 Å². The number of nitrogens with one attached hydrogen (secondary N) is 1. The van der Waals surface area contributed by atoms with Gasteiger partial charge in [0.1, 0.15) is 0 Å². The number of anilines is 1. The van der Waals surface area contributed by atoms with Crippen molar-refractivity contribution in [1.82, 2.24) is 20.3 Å². The topological polar surface area (TPSA) is 76.7 Å². The molecular weight excluding hydrogens is 270 g/mol. The second-order valence-electron chi connectivity index (χ2n) is 3.73. The molecule has 2 heterocycles. The third-order valence-corrected chi connectivity index (χ3v) is 4.18. The van der Waals surface area contributed by atoms with Crippen molar-refractivity contribution in [2.24, 2.45) is 0 Å². The van der Waals surface area contributed by atoms with Gasteiger partial charge in [0.15, 0.2) is 10.2 Å². The first-order valence-corrected chi connectivity index (χ1v) is 7.43. The third kappa shape index (κ3) is 3.42. The fourth-order valence-corrected chi connectivity index (χ4v) is 3.20. The van der Waals surface area contributed by atoms with Crippen molar-refractivity contribution in [2.45, 2.75) is 36.8 Å². The second kappa shape index (κ2) is 6.14. The van der Waals surface area contributed by atoms with E-state index in [1.165, 1.54) is 0 Å². The molecule has 0 saturated carbocycles. The highest BCUT2D eigenvalue weighted by atomic mass is 32.2. The maximum atomic E-state index is 4.96. The van der Waals surface area contributed by atoms with E-state index in [0.717, 1.165) is 22.4 Å². The molecule has 2 aromatic rings. The Labute approximate surface area is 114 Å². The maximum absolute atomic E-state index is 4.96. The number of rotatable bonds is 6. The predicted molar refractivity (Wildman–Crippen MR) is 72.0 cm³/mol. The summed E-state index contributed by atoms with van der Waals surface area (Å²) in [4.78, 5) is 4.21. The summed E-state index contributed by atoms with van der Waals surface area (Å²) in [6.07, 6.45) is 1.07. The van der Waals surface area contributed by atoms with Crippen LogP contribution in [0.4, 0.5) is 5.13 Å². The van der Waals surface area contributed by atoms with Crippen LogP contribution in [0.3, 0.4) is 0 Å². The van der Waals surface area contributed by atoms with Crippen molar-refractivity contribution >= 4 is 28.2 Å². The number of nitrogens with zero attached hydrogens (tertiary/aromatic N) is 4. The lowest BCUT2D eigenvalue weighted by Crippen LogP contribution is -1.98. The molecule has 8 heteroatoms. The number of hydrogen-bond donors (Lipinski definition) is 1. The third-order valence-electron chi connectivity index (χ3n) is 2.12. The number of aryl methyl sites for hydroxylation is 1. The minimum Gasteiger partial charge on any atom is -0.360 e. The van der Waals surface area contributed by atoms with Crippen molar-refractivity contribution in [2.75, 3.05) is 11.9 Å². The standard InChI is InChI=1S/C10H15N5OS2/c1-4-5-11-9-13-14-10(18-9)17-6(2)8-12-7(3)16-15-8/h6H,4-5H2,1-3H3,(H,11,13)/t6-/m1/s1. The van der Waals surface area contributed by atoms with Crippen LogP contribution in [0.25, 0.3) is 0 Å². The Morgan fingerprint density at radius 3 is 2.94 bits per heavy atom. The van der Waals surface area contributed by atoms with E-state index in [-0.39, 0.29) is 5.25 Å². The minimum atomic E-state index is 0.106. The fraction of sp³-hybridized carbons (Fsp3) is 0.600.